The summed E-state index contributed by atoms with van der Waals surface area (Å²) in [5, 5.41) is 2.54. The van der Waals surface area contributed by atoms with Crippen LogP contribution in [0.1, 0.15) is 27.2 Å². The fourth-order valence-electron chi connectivity index (χ4n) is 0.779. The Kier molecular flexibility index (Phi) is 5.59. The summed E-state index contributed by atoms with van der Waals surface area (Å²) in [7, 11) is 0. The number of esters is 1. The van der Waals surface area contributed by atoms with Crippen LogP contribution in [0.15, 0.2) is 11.8 Å². The molecule has 4 heteroatoms. The second-order valence-electron chi connectivity index (χ2n) is 2.46. The van der Waals surface area contributed by atoms with Gasteiger partial charge in [-0.1, -0.05) is 6.92 Å². The van der Waals surface area contributed by atoms with E-state index in [2.05, 4.69) is 10.1 Å². The fourth-order valence-corrected chi connectivity index (χ4v) is 0.779. The lowest BCUT2D eigenvalue weighted by Gasteiger charge is -2.04. The van der Waals surface area contributed by atoms with Crippen molar-refractivity contribution in [1.82, 2.24) is 5.32 Å². The second kappa shape index (κ2) is 6.22. The Hall–Kier alpha value is -1.32. The van der Waals surface area contributed by atoms with E-state index in [4.69, 9.17) is 0 Å². The number of ether oxygens (including phenoxy) is 1. The van der Waals surface area contributed by atoms with Gasteiger partial charge in [-0.2, -0.15) is 0 Å². The van der Waals surface area contributed by atoms with Crippen molar-refractivity contribution in [2.24, 2.45) is 0 Å². The van der Waals surface area contributed by atoms with Crippen molar-refractivity contribution in [2.45, 2.75) is 27.2 Å². The predicted octanol–water partition coefficient (Wildman–Crippen LogP) is 0.980. The topological polar surface area (TPSA) is 55.4 Å². The Bertz CT molecular complexity index is 221. The summed E-state index contributed by atoms with van der Waals surface area (Å²) >= 11 is 0. The highest BCUT2D eigenvalue weighted by Crippen LogP contribution is 1.96. The molecule has 1 amide bonds. The van der Waals surface area contributed by atoms with Gasteiger partial charge in [0.05, 0.1) is 6.61 Å². The van der Waals surface area contributed by atoms with Crippen LogP contribution in [0.5, 0.6) is 0 Å². The Morgan fingerprint density at radius 2 is 2.00 bits per heavy atom. The van der Waals surface area contributed by atoms with Crippen molar-refractivity contribution in [1.29, 1.82) is 0 Å². The van der Waals surface area contributed by atoms with Crippen molar-refractivity contribution in [3.8, 4) is 0 Å². The van der Waals surface area contributed by atoms with Gasteiger partial charge in [0.1, 0.15) is 0 Å². The molecule has 0 saturated carbocycles. The Balaban J connectivity index is 4.20. The first kappa shape index (κ1) is 11.7. The molecule has 0 aliphatic carbocycles. The maximum Gasteiger partial charge on any atom is 0.332 e. The fraction of sp³-hybridized carbons (Fsp3) is 0.556. The van der Waals surface area contributed by atoms with Crippen LogP contribution >= 0.6 is 0 Å². The molecule has 0 aromatic heterocycles. The number of carbonyl (C=O) groups is 2. The zero-order valence-corrected chi connectivity index (χ0v) is 8.22. The average molecular weight is 185 g/mol. The minimum absolute atomic E-state index is 0.183. The molecule has 74 valence electrons. The Labute approximate surface area is 78.0 Å². The van der Waals surface area contributed by atoms with Gasteiger partial charge in [0, 0.05) is 18.7 Å². The van der Waals surface area contributed by atoms with Gasteiger partial charge in [0.2, 0.25) is 5.91 Å². The number of amides is 1. The van der Waals surface area contributed by atoms with Crippen molar-refractivity contribution in [3.05, 3.63) is 11.8 Å². The van der Waals surface area contributed by atoms with Crippen LogP contribution in [0.25, 0.3) is 0 Å². The van der Waals surface area contributed by atoms with Crippen LogP contribution in [0.4, 0.5) is 0 Å². The van der Waals surface area contributed by atoms with Crippen molar-refractivity contribution >= 4 is 11.9 Å². The minimum Gasteiger partial charge on any atom is -0.463 e. The molecule has 1 N–H and O–H groups in total. The molecule has 0 spiro atoms. The summed E-state index contributed by atoms with van der Waals surface area (Å²) in [5.74, 6) is -0.606. The normalized spacial score (nSPS) is 10.8. The second-order valence-corrected chi connectivity index (χ2v) is 2.46. The van der Waals surface area contributed by atoms with E-state index >= 15 is 0 Å². The van der Waals surface area contributed by atoms with Crippen LogP contribution in [0, 0.1) is 0 Å². The summed E-state index contributed by atoms with van der Waals surface area (Å²) in [6.07, 6.45) is 1.89. The number of hydrogen-bond donors (Lipinski definition) is 1. The maximum atomic E-state index is 10.9. The minimum atomic E-state index is -0.423. The molecular formula is C9H15NO3. The van der Waals surface area contributed by atoms with Gasteiger partial charge >= 0.3 is 5.97 Å². The highest BCUT2D eigenvalue weighted by molar-refractivity contribution is 5.84. The van der Waals surface area contributed by atoms with Gasteiger partial charge in [-0.3, -0.25) is 4.79 Å². The molecule has 0 saturated heterocycles. The maximum absolute atomic E-state index is 10.9. The average Bonchev–Trinajstić information content (AvgIpc) is 2.02. The van der Waals surface area contributed by atoms with Crippen LogP contribution in [0.2, 0.25) is 0 Å². The highest BCUT2D eigenvalue weighted by Gasteiger charge is 2.01. The molecule has 0 radical (unpaired) electrons. The first-order valence-corrected chi connectivity index (χ1v) is 4.25. The summed E-state index contributed by atoms with van der Waals surface area (Å²) in [5.41, 5.74) is 0.575. The molecule has 0 aromatic rings. The standard InChI is InChI=1S/C9H15NO3/c1-4-8(10-7(3)11)6-9(12)13-5-2/h6H,4-5H2,1-3H3,(H,10,11)/b8-6-. The van der Waals surface area contributed by atoms with E-state index in [9.17, 15) is 9.59 Å². The Morgan fingerprint density at radius 1 is 1.38 bits per heavy atom. The number of hydrogen-bond acceptors (Lipinski definition) is 3. The third kappa shape index (κ3) is 5.90. The zero-order valence-electron chi connectivity index (χ0n) is 8.22. The molecule has 4 nitrogen and oxygen atoms in total. The highest BCUT2D eigenvalue weighted by atomic mass is 16.5. The van der Waals surface area contributed by atoms with Gasteiger partial charge in [0.25, 0.3) is 0 Å². The molecule has 0 atom stereocenters. The number of nitrogens with one attached hydrogen (secondary N) is 1. The zero-order chi connectivity index (χ0) is 10.3. The molecular weight excluding hydrogens is 170 g/mol. The number of allylic oxidation sites excluding steroid dienone is 1. The lowest BCUT2D eigenvalue weighted by molar-refractivity contribution is -0.137. The van der Waals surface area contributed by atoms with Crippen LogP contribution in [-0.4, -0.2) is 18.5 Å². The molecule has 0 aliphatic rings. The first-order valence-electron chi connectivity index (χ1n) is 4.25. The van der Waals surface area contributed by atoms with E-state index in [-0.39, 0.29) is 5.91 Å². The third-order valence-corrected chi connectivity index (χ3v) is 1.30. The van der Waals surface area contributed by atoms with Crippen LogP contribution in [-0.2, 0) is 14.3 Å². The molecule has 0 bridgehead atoms. The summed E-state index contributed by atoms with van der Waals surface area (Å²) in [6.45, 7) is 5.32. The summed E-state index contributed by atoms with van der Waals surface area (Å²) in [4.78, 5) is 21.6. The van der Waals surface area contributed by atoms with Gasteiger partial charge in [-0.05, 0) is 13.3 Å². The van der Waals surface area contributed by atoms with Gasteiger partial charge < -0.3 is 10.1 Å². The molecule has 0 aliphatic heterocycles. The molecule has 0 aromatic carbocycles. The third-order valence-electron chi connectivity index (χ3n) is 1.30. The van der Waals surface area contributed by atoms with E-state index in [0.29, 0.717) is 18.7 Å². The van der Waals surface area contributed by atoms with Crippen LogP contribution < -0.4 is 5.32 Å². The SMILES string of the molecule is CCOC(=O)/C=C(/CC)NC(C)=O. The quantitative estimate of drug-likeness (QED) is 0.524. The molecule has 13 heavy (non-hydrogen) atoms. The predicted molar refractivity (Wildman–Crippen MR) is 48.8 cm³/mol. The Morgan fingerprint density at radius 3 is 2.38 bits per heavy atom. The van der Waals surface area contributed by atoms with E-state index in [0.717, 1.165) is 0 Å². The summed E-state index contributed by atoms with van der Waals surface area (Å²) < 4.78 is 4.69. The lowest BCUT2D eigenvalue weighted by atomic mass is 10.3. The summed E-state index contributed by atoms with van der Waals surface area (Å²) in [6, 6.07) is 0. The largest absolute Gasteiger partial charge is 0.463 e. The van der Waals surface area contributed by atoms with Crippen molar-refractivity contribution < 1.29 is 14.3 Å². The van der Waals surface area contributed by atoms with E-state index < -0.39 is 5.97 Å². The van der Waals surface area contributed by atoms with Gasteiger partial charge in [-0.15, -0.1) is 0 Å². The van der Waals surface area contributed by atoms with Gasteiger partial charge in [-0.25, -0.2) is 4.79 Å². The smallest absolute Gasteiger partial charge is 0.332 e. The number of carbonyl (C=O) groups excluding carboxylic acids is 2. The first-order chi connectivity index (χ1) is 6.10. The molecule has 0 heterocycles. The molecule has 0 fully saturated rings. The number of rotatable bonds is 4. The van der Waals surface area contributed by atoms with Crippen molar-refractivity contribution in [3.63, 3.8) is 0 Å². The molecule has 0 unspecified atom stereocenters. The van der Waals surface area contributed by atoms with E-state index in [1.54, 1.807) is 6.92 Å². The monoisotopic (exact) mass is 185 g/mol. The van der Waals surface area contributed by atoms with Crippen LogP contribution in [0.3, 0.4) is 0 Å². The molecule has 0 rings (SSSR count). The van der Waals surface area contributed by atoms with Gasteiger partial charge in [0.15, 0.2) is 0 Å². The van der Waals surface area contributed by atoms with E-state index in [1.165, 1.54) is 13.0 Å². The lowest BCUT2D eigenvalue weighted by Crippen LogP contribution is -2.20. The van der Waals surface area contributed by atoms with Crippen molar-refractivity contribution in [2.75, 3.05) is 6.61 Å². The van der Waals surface area contributed by atoms with E-state index in [1.807, 2.05) is 6.92 Å².